The van der Waals surface area contributed by atoms with Gasteiger partial charge in [0.05, 0.1) is 4.91 Å². The molecule has 4 rings (SSSR count). The van der Waals surface area contributed by atoms with Gasteiger partial charge in [-0.15, -0.1) is 11.3 Å². The van der Waals surface area contributed by atoms with Gasteiger partial charge < -0.3 is 5.32 Å². The van der Waals surface area contributed by atoms with Gasteiger partial charge in [0.1, 0.15) is 10.9 Å². The Balaban J connectivity index is 1.38. The average molecular weight is 486 g/mol. The van der Waals surface area contributed by atoms with Crippen LogP contribution in [0.5, 0.6) is 0 Å². The van der Waals surface area contributed by atoms with E-state index in [1.807, 2.05) is 48.5 Å². The number of hydrogen-bond donors (Lipinski definition) is 1. The SMILES string of the molecule is O=C(CN1C(=O)C(=Cc2ccccc2Cl)SC1=S)Nc1ncc(Cc2ccccc2)s1. The molecule has 9 heteroatoms. The van der Waals surface area contributed by atoms with Crippen molar-refractivity contribution < 1.29 is 9.59 Å². The van der Waals surface area contributed by atoms with Gasteiger partial charge in [-0.05, 0) is 23.3 Å². The molecule has 1 N–H and O–H groups in total. The van der Waals surface area contributed by atoms with Gasteiger partial charge in [0.15, 0.2) is 5.13 Å². The van der Waals surface area contributed by atoms with E-state index >= 15 is 0 Å². The number of anilines is 1. The van der Waals surface area contributed by atoms with E-state index in [1.54, 1.807) is 18.3 Å². The van der Waals surface area contributed by atoms with E-state index in [0.717, 1.165) is 28.6 Å². The number of hydrogen-bond acceptors (Lipinski definition) is 6. The maximum absolute atomic E-state index is 12.7. The minimum absolute atomic E-state index is 0.169. The Morgan fingerprint density at radius 3 is 2.68 bits per heavy atom. The maximum Gasteiger partial charge on any atom is 0.266 e. The van der Waals surface area contributed by atoms with Gasteiger partial charge in [0, 0.05) is 22.5 Å². The minimum Gasteiger partial charge on any atom is -0.300 e. The van der Waals surface area contributed by atoms with Crippen LogP contribution in [0.15, 0.2) is 65.7 Å². The van der Waals surface area contributed by atoms with Crippen molar-refractivity contribution in [3.05, 3.63) is 86.7 Å². The fourth-order valence-electron chi connectivity index (χ4n) is 2.92. The topological polar surface area (TPSA) is 62.3 Å². The normalized spacial score (nSPS) is 15.0. The first kappa shape index (κ1) is 21.7. The minimum atomic E-state index is -0.351. The Hall–Kier alpha value is -2.52. The van der Waals surface area contributed by atoms with Gasteiger partial charge in [-0.25, -0.2) is 4.98 Å². The molecule has 1 aliphatic rings. The number of nitrogens with zero attached hydrogens (tertiary/aromatic N) is 2. The third-order valence-electron chi connectivity index (χ3n) is 4.39. The fourth-order valence-corrected chi connectivity index (χ4v) is 5.22. The van der Waals surface area contributed by atoms with Crippen LogP contribution in [-0.4, -0.2) is 32.6 Å². The van der Waals surface area contributed by atoms with E-state index in [0.29, 0.717) is 19.4 Å². The van der Waals surface area contributed by atoms with Crippen LogP contribution < -0.4 is 5.32 Å². The highest BCUT2D eigenvalue weighted by atomic mass is 35.5. The number of carbonyl (C=O) groups is 2. The number of nitrogens with one attached hydrogen (secondary N) is 1. The molecule has 3 aromatic rings. The van der Waals surface area contributed by atoms with Crippen LogP contribution in [0.2, 0.25) is 5.02 Å². The summed E-state index contributed by atoms with van der Waals surface area (Å²) >= 11 is 14.0. The highest BCUT2D eigenvalue weighted by Crippen LogP contribution is 2.33. The summed E-state index contributed by atoms with van der Waals surface area (Å²) in [6.45, 7) is -0.169. The maximum atomic E-state index is 12.7. The molecule has 0 unspecified atom stereocenters. The Bertz CT molecular complexity index is 1180. The Morgan fingerprint density at radius 1 is 1.16 bits per heavy atom. The molecule has 0 aliphatic carbocycles. The van der Waals surface area contributed by atoms with Gasteiger partial charge in [-0.1, -0.05) is 84.1 Å². The number of thiocarbonyl (C=S) groups is 1. The average Bonchev–Trinajstić information content (AvgIpc) is 3.29. The summed E-state index contributed by atoms with van der Waals surface area (Å²) < 4.78 is 0.336. The number of amides is 2. The molecular formula is C22H16ClN3O2S3. The first-order chi connectivity index (χ1) is 15.0. The molecule has 0 radical (unpaired) electrons. The van der Waals surface area contributed by atoms with E-state index in [2.05, 4.69) is 10.3 Å². The lowest BCUT2D eigenvalue weighted by molar-refractivity contribution is -0.126. The number of thioether (sulfide) groups is 1. The number of thiazole rings is 1. The van der Waals surface area contributed by atoms with Crippen molar-refractivity contribution in [1.82, 2.24) is 9.88 Å². The fraction of sp³-hybridized carbons (Fsp3) is 0.0909. The molecule has 0 spiro atoms. The molecule has 5 nitrogen and oxygen atoms in total. The van der Waals surface area contributed by atoms with Crippen molar-refractivity contribution in [1.29, 1.82) is 0 Å². The second-order valence-electron chi connectivity index (χ2n) is 6.63. The zero-order valence-corrected chi connectivity index (χ0v) is 19.3. The number of aromatic nitrogens is 1. The van der Waals surface area contributed by atoms with Crippen molar-refractivity contribution in [2.75, 3.05) is 11.9 Å². The second-order valence-corrected chi connectivity index (χ2v) is 9.83. The summed E-state index contributed by atoms with van der Waals surface area (Å²) in [5.41, 5.74) is 1.90. The summed E-state index contributed by atoms with van der Waals surface area (Å²) in [7, 11) is 0. The molecule has 1 saturated heterocycles. The number of rotatable bonds is 6. The van der Waals surface area contributed by atoms with Crippen LogP contribution in [0.3, 0.4) is 0 Å². The van der Waals surface area contributed by atoms with Crippen LogP contribution in [0, 0.1) is 0 Å². The predicted molar refractivity (Wildman–Crippen MR) is 131 cm³/mol. The van der Waals surface area contributed by atoms with Crippen LogP contribution in [0.4, 0.5) is 5.13 Å². The zero-order chi connectivity index (χ0) is 21.8. The van der Waals surface area contributed by atoms with Crippen molar-refractivity contribution in [3.63, 3.8) is 0 Å². The van der Waals surface area contributed by atoms with Crippen LogP contribution in [-0.2, 0) is 16.0 Å². The number of carbonyl (C=O) groups excluding carboxylic acids is 2. The lowest BCUT2D eigenvalue weighted by Crippen LogP contribution is -2.36. The molecule has 31 heavy (non-hydrogen) atoms. The third-order valence-corrected chi connectivity index (χ3v) is 7.02. The number of halogens is 1. The van der Waals surface area contributed by atoms with Crippen molar-refractivity contribution >= 4 is 74.3 Å². The summed E-state index contributed by atoms with van der Waals surface area (Å²) in [5.74, 6) is -0.662. The summed E-state index contributed by atoms with van der Waals surface area (Å²) in [6.07, 6.45) is 4.19. The highest BCUT2D eigenvalue weighted by molar-refractivity contribution is 8.26. The largest absolute Gasteiger partial charge is 0.300 e. The van der Waals surface area contributed by atoms with Crippen LogP contribution in [0.25, 0.3) is 6.08 Å². The molecule has 0 bridgehead atoms. The zero-order valence-electron chi connectivity index (χ0n) is 16.1. The highest BCUT2D eigenvalue weighted by Gasteiger charge is 2.33. The Kier molecular flexibility index (Phi) is 6.82. The second kappa shape index (κ2) is 9.74. The summed E-state index contributed by atoms with van der Waals surface area (Å²) in [5, 5.41) is 3.79. The van der Waals surface area contributed by atoms with Gasteiger partial charge in [0.25, 0.3) is 5.91 Å². The van der Waals surface area contributed by atoms with Gasteiger partial charge >= 0.3 is 0 Å². The van der Waals surface area contributed by atoms with Crippen LogP contribution in [0.1, 0.15) is 16.0 Å². The third kappa shape index (κ3) is 5.40. The Labute approximate surface area is 198 Å². The molecular weight excluding hydrogens is 470 g/mol. The summed E-state index contributed by atoms with van der Waals surface area (Å²) in [4.78, 5) is 32.3. The number of benzene rings is 2. The van der Waals surface area contributed by atoms with Crippen molar-refractivity contribution in [3.8, 4) is 0 Å². The molecule has 1 aliphatic heterocycles. The van der Waals surface area contributed by atoms with E-state index < -0.39 is 0 Å². The van der Waals surface area contributed by atoms with Gasteiger partial charge in [-0.2, -0.15) is 0 Å². The lowest BCUT2D eigenvalue weighted by Gasteiger charge is -2.13. The Morgan fingerprint density at radius 2 is 1.90 bits per heavy atom. The molecule has 1 fully saturated rings. The van der Waals surface area contributed by atoms with Gasteiger partial charge in [0.2, 0.25) is 5.91 Å². The van der Waals surface area contributed by atoms with E-state index in [4.69, 9.17) is 23.8 Å². The smallest absolute Gasteiger partial charge is 0.266 e. The van der Waals surface area contributed by atoms with E-state index in [9.17, 15) is 9.59 Å². The first-order valence-electron chi connectivity index (χ1n) is 9.28. The molecule has 2 amide bonds. The first-order valence-corrected chi connectivity index (χ1v) is 11.7. The van der Waals surface area contributed by atoms with E-state index in [-0.39, 0.29) is 18.4 Å². The molecule has 2 aromatic carbocycles. The standard InChI is InChI=1S/C22H16ClN3O2S3/c23-17-9-5-4-8-15(17)11-18-20(28)26(22(29)31-18)13-19(27)25-21-24-12-16(30-21)10-14-6-2-1-3-7-14/h1-9,11-12H,10,13H2,(H,24,25,27). The molecule has 156 valence electrons. The van der Waals surface area contributed by atoms with Crippen molar-refractivity contribution in [2.45, 2.75) is 6.42 Å². The molecule has 0 atom stereocenters. The predicted octanol–water partition coefficient (Wildman–Crippen LogP) is 5.23. The quantitative estimate of drug-likeness (QED) is 0.382. The van der Waals surface area contributed by atoms with Crippen molar-refractivity contribution in [2.24, 2.45) is 0 Å². The van der Waals surface area contributed by atoms with Crippen LogP contribution >= 0.6 is 46.9 Å². The summed E-state index contributed by atoms with van der Waals surface area (Å²) in [6, 6.07) is 17.3. The lowest BCUT2D eigenvalue weighted by atomic mass is 10.1. The van der Waals surface area contributed by atoms with Gasteiger partial charge in [-0.3, -0.25) is 14.5 Å². The molecule has 2 heterocycles. The molecule has 0 saturated carbocycles. The van der Waals surface area contributed by atoms with E-state index in [1.165, 1.54) is 21.8 Å². The molecule has 1 aromatic heterocycles. The monoisotopic (exact) mass is 485 g/mol.